The van der Waals surface area contributed by atoms with Crippen LogP contribution in [0.4, 0.5) is 0 Å². The van der Waals surface area contributed by atoms with Crippen molar-refractivity contribution >= 4 is 24.2 Å². The SMILES string of the molecule is CCN(CC)C(=O)c1ccc(CNC(=O)c2cn(C3CCNCC3)nn2)cc1.Cl. The maximum atomic E-state index is 12.4. The first-order valence-electron chi connectivity index (χ1n) is 9.91. The highest BCUT2D eigenvalue weighted by molar-refractivity contribution is 5.94. The number of carbonyl (C=O) groups is 2. The average Bonchev–Trinajstić information content (AvgIpc) is 3.24. The first kappa shape index (κ1) is 22.8. The normalized spacial score (nSPS) is 14.1. The third-order valence-corrected chi connectivity index (χ3v) is 5.13. The van der Waals surface area contributed by atoms with Crippen LogP contribution in [-0.4, -0.2) is 57.9 Å². The van der Waals surface area contributed by atoms with E-state index in [1.807, 2.05) is 26.0 Å². The van der Waals surface area contributed by atoms with Gasteiger partial charge in [0.05, 0.1) is 12.2 Å². The number of halogens is 1. The van der Waals surface area contributed by atoms with Crippen LogP contribution in [0.1, 0.15) is 59.1 Å². The van der Waals surface area contributed by atoms with Crippen LogP contribution in [0.2, 0.25) is 0 Å². The Balaban J connectivity index is 0.00000300. The van der Waals surface area contributed by atoms with Gasteiger partial charge in [0.2, 0.25) is 0 Å². The van der Waals surface area contributed by atoms with E-state index in [2.05, 4.69) is 20.9 Å². The van der Waals surface area contributed by atoms with Crippen LogP contribution in [0.5, 0.6) is 0 Å². The summed E-state index contributed by atoms with van der Waals surface area (Å²) >= 11 is 0. The third kappa shape index (κ3) is 5.77. The Morgan fingerprint density at radius 3 is 2.45 bits per heavy atom. The minimum Gasteiger partial charge on any atom is -0.347 e. The fourth-order valence-corrected chi connectivity index (χ4v) is 3.36. The standard InChI is InChI=1S/C20H28N6O2.ClH/c1-3-25(4-2)20(28)16-7-5-15(6-8-16)13-22-19(27)18-14-26(24-23-18)17-9-11-21-12-10-17;/h5-8,14,17,21H,3-4,9-13H2,1-2H3,(H,22,27);1H. The minimum absolute atomic E-state index is 0. The lowest BCUT2D eigenvalue weighted by Gasteiger charge is -2.22. The number of nitrogens with one attached hydrogen (secondary N) is 2. The molecular formula is C20H29ClN6O2. The predicted molar refractivity (Wildman–Crippen MR) is 113 cm³/mol. The molecule has 1 aliphatic rings. The van der Waals surface area contributed by atoms with Crippen molar-refractivity contribution in [2.75, 3.05) is 26.2 Å². The summed E-state index contributed by atoms with van der Waals surface area (Å²) in [4.78, 5) is 26.5. The maximum absolute atomic E-state index is 12.4. The van der Waals surface area contributed by atoms with E-state index in [4.69, 9.17) is 0 Å². The maximum Gasteiger partial charge on any atom is 0.273 e. The molecule has 8 nitrogen and oxygen atoms in total. The topological polar surface area (TPSA) is 92.2 Å². The third-order valence-electron chi connectivity index (χ3n) is 5.13. The van der Waals surface area contributed by atoms with Gasteiger partial charge < -0.3 is 15.5 Å². The van der Waals surface area contributed by atoms with Gasteiger partial charge in [-0.2, -0.15) is 0 Å². The van der Waals surface area contributed by atoms with Crippen LogP contribution in [0, 0.1) is 0 Å². The zero-order valence-corrected chi connectivity index (χ0v) is 17.7. The average molecular weight is 421 g/mol. The Labute approximate surface area is 177 Å². The molecule has 1 aliphatic heterocycles. The van der Waals surface area contributed by atoms with Gasteiger partial charge in [0.25, 0.3) is 11.8 Å². The Hall–Kier alpha value is -2.45. The van der Waals surface area contributed by atoms with Crippen molar-refractivity contribution in [3.63, 3.8) is 0 Å². The monoisotopic (exact) mass is 420 g/mol. The molecule has 0 unspecified atom stereocenters. The molecule has 158 valence electrons. The van der Waals surface area contributed by atoms with E-state index in [9.17, 15) is 9.59 Å². The molecule has 0 atom stereocenters. The molecule has 1 aromatic heterocycles. The molecule has 9 heteroatoms. The predicted octanol–water partition coefficient (Wildman–Crippen LogP) is 2.04. The van der Waals surface area contributed by atoms with Gasteiger partial charge in [0.15, 0.2) is 5.69 Å². The lowest BCUT2D eigenvalue weighted by atomic mass is 10.1. The van der Waals surface area contributed by atoms with Crippen LogP contribution in [0.15, 0.2) is 30.5 Å². The van der Waals surface area contributed by atoms with Gasteiger partial charge in [-0.15, -0.1) is 17.5 Å². The van der Waals surface area contributed by atoms with E-state index < -0.39 is 0 Å². The Bertz CT molecular complexity index is 798. The van der Waals surface area contributed by atoms with Gasteiger partial charge in [-0.3, -0.25) is 9.59 Å². The summed E-state index contributed by atoms with van der Waals surface area (Å²) in [5, 5.41) is 14.3. The largest absolute Gasteiger partial charge is 0.347 e. The fraction of sp³-hybridized carbons (Fsp3) is 0.500. The summed E-state index contributed by atoms with van der Waals surface area (Å²) in [6, 6.07) is 7.63. The molecule has 29 heavy (non-hydrogen) atoms. The summed E-state index contributed by atoms with van der Waals surface area (Å²) in [6.07, 6.45) is 3.70. The lowest BCUT2D eigenvalue weighted by Crippen LogP contribution is -2.30. The number of benzene rings is 1. The summed E-state index contributed by atoms with van der Waals surface area (Å²) < 4.78 is 1.80. The number of nitrogens with zero attached hydrogens (tertiary/aromatic N) is 4. The minimum atomic E-state index is -0.247. The van der Waals surface area contributed by atoms with E-state index in [1.165, 1.54) is 0 Å². The molecule has 1 aromatic carbocycles. The molecular weight excluding hydrogens is 392 g/mol. The van der Waals surface area contributed by atoms with Crippen LogP contribution in [0.25, 0.3) is 0 Å². The van der Waals surface area contributed by atoms with Gasteiger partial charge in [-0.25, -0.2) is 4.68 Å². The molecule has 2 aromatic rings. The van der Waals surface area contributed by atoms with Gasteiger partial charge in [0, 0.05) is 25.2 Å². The molecule has 3 rings (SSSR count). The molecule has 2 N–H and O–H groups in total. The number of hydrogen-bond donors (Lipinski definition) is 2. The smallest absolute Gasteiger partial charge is 0.273 e. The van der Waals surface area contributed by atoms with Crippen molar-refractivity contribution in [1.82, 2.24) is 30.5 Å². The van der Waals surface area contributed by atoms with Gasteiger partial charge >= 0.3 is 0 Å². The molecule has 0 bridgehead atoms. The fourth-order valence-electron chi connectivity index (χ4n) is 3.36. The van der Waals surface area contributed by atoms with Gasteiger partial charge in [0.1, 0.15) is 0 Å². The van der Waals surface area contributed by atoms with Gasteiger partial charge in [-0.05, 0) is 57.5 Å². The number of carbonyl (C=O) groups excluding carboxylic acids is 2. The number of piperidine rings is 1. The zero-order chi connectivity index (χ0) is 19.9. The van der Waals surface area contributed by atoms with Crippen LogP contribution in [-0.2, 0) is 6.54 Å². The van der Waals surface area contributed by atoms with Crippen molar-refractivity contribution in [2.45, 2.75) is 39.3 Å². The molecule has 0 radical (unpaired) electrons. The highest BCUT2D eigenvalue weighted by Gasteiger charge is 2.18. The zero-order valence-electron chi connectivity index (χ0n) is 16.9. The molecule has 1 fully saturated rings. The van der Waals surface area contributed by atoms with E-state index in [0.29, 0.717) is 36.9 Å². The Morgan fingerprint density at radius 1 is 1.17 bits per heavy atom. The van der Waals surface area contributed by atoms with Gasteiger partial charge in [-0.1, -0.05) is 17.3 Å². The molecule has 2 amide bonds. The second-order valence-corrected chi connectivity index (χ2v) is 6.92. The van der Waals surface area contributed by atoms with E-state index >= 15 is 0 Å². The highest BCUT2D eigenvalue weighted by Crippen LogP contribution is 2.17. The van der Waals surface area contributed by atoms with Crippen molar-refractivity contribution in [2.24, 2.45) is 0 Å². The highest BCUT2D eigenvalue weighted by atomic mass is 35.5. The van der Waals surface area contributed by atoms with E-state index in [0.717, 1.165) is 31.5 Å². The summed E-state index contributed by atoms with van der Waals surface area (Å²) in [5.74, 6) is -0.224. The van der Waals surface area contributed by atoms with E-state index in [-0.39, 0.29) is 24.2 Å². The molecule has 2 heterocycles. The van der Waals surface area contributed by atoms with Crippen molar-refractivity contribution < 1.29 is 9.59 Å². The number of rotatable bonds is 7. The van der Waals surface area contributed by atoms with Crippen LogP contribution >= 0.6 is 12.4 Å². The van der Waals surface area contributed by atoms with Crippen LogP contribution < -0.4 is 10.6 Å². The molecule has 0 aliphatic carbocycles. The second-order valence-electron chi connectivity index (χ2n) is 6.92. The lowest BCUT2D eigenvalue weighted by molar-refractivity contribution is 0.0772. The summed E-state index contributed by atoms with van der Waals surface area (Å²) in [7, 11) is 0. The van der Waals surface area contributed by atoms with Crippen molar-refractivity contribution in [1.29, 1.82) is 0 Å². The van der Waals surface area contributed by atoms with E-state index in [1.54, 1.807) is 27.9 Å². The van der Waals surface area contributed by atoms with Crippen molar-refractivity contribution in [3.05, 3.63) is 47.3 Å². The number of hydrogen-bond acceptors (Lipinski definition) is 5. The summed E-state index contributed by atoms with van der Waals surface area (Å²) in [6.45, 7) is 7.59. The second kappa shape index (κ2) is 10.9. The first-order valence-corrected chi connectivity index (χ1v) is 9.91. The quantitative estimate of drug-likeness (QED) is 0.715. The number of aromatic nitrogens is 3. The molecule has 0 saturated carbocycles. The Kier molecular flexibility index (Phi) is 8.60. The number of amides is 2. The van der Waals surface area contributed by atoms with Crippen LogP contribution in [0.3, 0.4) is 0 Å². The Morgan fingerprint density at radius 2 is 1.83 bits per heavy atom. The molecule has 0 spiro atoms. The summed E-state index contributed by atoms with van der Waals surface area (Å²) in [5.41, 5.74) is 1.91. The van der Waals surface area contributed by atoms with Crippen molar-refractivity contribution in [3.8, 4) is 0 Å². The molecule has 1 saturated heterocycles. The first-order chi connectivity index (χ1) is 13.6.